The van der Waals surface area contributed by atoms with Gasteiger partial charge in [0.05, 0.1) is 47.9 Å². The molecule has 5 aromatic carbocycles. The van der Waals surface area contributed by atoms with Crippen LogP contribution in [0.3, 0.4) is 0 Å². The van der Waals surface area contributed by atoms with Crippen molar-refractivity contribution >= 4 is 99.1 Å². The van der Waals surface area contributed by atoms with Crippen molar-refractivity contribution in [1.29, 1.82) is 0 Å². The van der Waals surface area contributed by atoms with Gasteiger partial charge in [0.25, 0.3) is 0 Å². The van der Waals surface area contributed by atoms with E-state index in [0.29, 0.717) is 32.0 Å². The van der Waals surface area contributed by atoms with Crippen LogP contribution in [0.1, 0.15) is 0 Å². The molecular formula is C37H28BrCl2N5O3S. The van der Waals surface area contributed by atoms with Gasteiger partial charge in [0.15, 0.2) is 0 Å². The zero-order valence-electron chi connectivity index (χ0n) is 25.8. The molecule has 12 heteroatoms. The highest BCUT2D eigenvalue weighted by molar-refractivity contribution is 9.10. The normalized spacial score (nSPS) is 12.1. The molecule has 0 aliphatic heterocycles. The summed E-state index contributed by atoms with van der Waals surface area (Å²) in [7, 11) is -2.59. The third-order valence-corrected chi connectivity index (χ3v) is 10.2. The number of anilines is 4. The lowest BCUT2D eigenvalue weighted by Crippen LogP contribution is -1.96. The Labute approximate surface area is 301 Å². The molecule has 0 amide bonds. The number of nitrogens with one attached hydrogen (secondary N) is 2. The fourth-order valence-corrected chi connectivity index (χ4v) is 6.94. The van der Waals surface area contributed by atoms with Crippen LogP contribution in [0.15, 0.2) is 141 Å². The molecule has 8 nitrogen and oxygen atoms in total. The van der Waals surface area contributed by atoms with Gasteiger partial charge in [-0.25, -0.2) is 4.21 Å². The van der Waals surface area contributed by atoms with E-state index in [-0.39, 0.29) is 11.5 Å². The smallest absolute Gasteiger partial charge is 0.117 e. The molecule has 0 saturated carbocycles. The minimum absolute atomic E-state index is 0.111. The van der Waals surface area contributed by atoms with Gasteiger partial charge in [-0.2, -0.15) is 4.36 Å². The minimum atomic E-state index is -2.59. The summed E-state index contributed by atoms with van der Waals surface area (Å²) in [6, 6.07) is 33.7. The number of phenolic OH excluding ortho intramolecular Hbond substituents is 2. The number of rotatable bonds is 6. The molecule has 0 saturated heterocycles. The Hall–Kier alpha value is -4.87. The molecule has 4 N–H and O–H groups in total. The Morgan fingerprint density at radius 3 is 1.76 bits per heavy atom. The first-order valence-corrected chi connectivity index (χ1v) is 18.2. The Morgan fingerprint density at radius 2 is 1.18 bits per heavy atom. The van der Waals surface area contributed by atoms with Crippen LogP contribution in [-0.4, -0.2) is 30.6 Å². The van der Waals surface area contributed by atoms with Gasteiger partial charge in [0.1, 0.15) is 11.5 Å². The summed E-state index contributed by atoms with van der Waals surface area (Å²) in [6.45, 7) is 0. The number of pyridine rings is 2. The Kier molecular flexibility index (Phi) is 10.2. The molecule has 0 bridgehead atoms. The van der Waals surface area contributed by atoms with E-state index in [1.165, 1.54) is 6.07 Å². The summed E-state index contributed by atoms with van der Waals surface area (Å²) in [6.07, 6.45) is 5.04. The van der Waals surface area contributed by atoms with Crippen LogP contribution in [-0.2, 0) is 9.73 Å². The maximum absolute atomic E-state index is 13.1. The number of aromatic hydroxyl groups is 2. The van der Waals surface area contributed by atoms with E-state index < -0.39 is 9.73 Å². The van der Waals surface area contributed by atoms with Crippen molar-refractivity contribution in [2.24, 2.45) is 4.36 Å². The lowest BCUT2D eigenvalue weighted by atomic mass is 10.1. The van der Waals surface area contributed by atoms with Crippen molar-refractivity contribution in [3.63, 3.8) is 0 Å². The molecule has 0 fully saturated rings. The predicted molar refractivity (Wildman–Crippen MR) is 205 cm³/mol. The summed E-state index contributed by atoms with van der Waals surface area (Å²) in [5.41, 5.74) is 5.09. The summed E-state index contributed by atoms with van der Waals surface area (Å²) in [5.74, 6) is 0.274. The molecule has 7 aromatic rings. The standard InChI is InChI=1S/C22H18ClN3O2S.C15H10BrClN2O/c1-29(28,17-5-3-2-4-6-17)26-15-7-10-20-18(13-15)21(11-12-24-20)25-22-14-16(27)8-9-19(22)23;16-9-1-4-13-11(7-9)14(5-6-18-13)19-15-8-10(20)2-3-12(15)17/h2-14,27H,1H3,(H,24,25);1-8,20H,(H,18,19)/t29-;/m1./s1. The van der Waals surface area contributed by atoms with Gasteiger partial charge >= 0.3 is 0 Å². The molecule has 2 heterocycles. The predicted octanol–water partition coefficient (Wildman–Crippen LogP) is 11.2. The largest absolute Gasteiger partial charge is 0.508 e. The molecule has 2 aromatic heterocycles. The van der Waals surface area contributed by atoms with E-state index in [2.05, 4.69) is 40.9 Å². The molecule has 1 atom stereocenters. The molecule has 7 rings (SSSR count). The van der Waals surface area contributed by atoms with E-state index in [1.54, 1.807) is 55.0 Å². The molecular weight excluding hydrogens is 745 g/mol. The number of aromatic nitrogens is 2. The lowest BCUT2D eigenvalue weighted by molar-refractivity contribution is 0.475. The number of hydrogen-bond donors (Lipinski definition) is 4. The lowest BCUT2D eigenvalue weighted by Gasteiger charge is -2.12. The number of nitrogens with zero attached hydrogens (tertiary/aromatic N) is 3. The van der Waals surface area contributed by atoms with Crippen molar-refractivity contribution in [1.82, 2.24) is 9.97 Å². The molecule has 0 radical (unpaired) electrons. The molecule has 0 spiro atoms. The van der Waals surface area contributed by atoms with Crippen LogP contribution < -0.4 is 10.6 Å². The summed E-state index contributed by atoms with van der Waals surface area (Å²) in [5, 5.41) is 28.6. The maximum Gasteiger partial charge on any atom is 0.117 e. The SMILES string of the molecule is C[S@](=O)(=Nc1ccc2nccc(Nc3cc(O)ccc3Cl)c2c1)c1ccccc1.Oc1ccc(Cl)c(Nc2ccnc3ccc(Br)cc23)c1. The van der Waals surface area contributed by atoms with Crippen molar-refractivity contribution in [2.45, 2.75) is 4.90 Å². The first-order valence-electron chi connectivity index (χ1n) is 14.8. The average molecular weight is 774 g/mol. The molecule has 246 valence electrons. The van der Waals surface area contributed by atoms with Crippen molar-refractivity contribution in [2.75, 3.05) is 16.9 Å². The fourth-order valence-electron chi connectivity index (χ4n) is 4.96. The quantitative estimate of drug-likeness (QED) is 0.133. The van der Waals surface area contributed by atoms with Crippen LogP contribution in [0.5, 0.6) is 11.5 Å². The molecule has 0 aliphatic rings. The Balaban J connectivity index is 0.000000182. The van der Waals surface area contributed by atoms with Gasteiger partial charge < -0.3 is 20.8 Å². The third kappa shape index (κ3) is 8.23. The first kappa shape index (κ1) is 34.0. The third-order valence-electron chi connectivity index (χ3n) is 7.33. The number of benzene rings is 5. The molecule has 0 unspecified atom stereocenters. The van der Waals surface area contributed by atoms with Gasteiger partial charge in [0.2, 0.25) is 0 Å². The van der Waals surface area contributed by atoms with Crippen LogP contribution in [0.25, 0.3) is 21.8 Å². The monoisotopic (exact) mass is 771 g/mol. The minimum Gasteiger partial charge on any atom is -0.508 e. The van der Waals surface area contributed by atoms with Gasteiger partial charge in [-0.3, -0.25) is 9.97 Å². The molecule has 0 aliphatic carbocycles. The first-order chi connectivity index (χ1) is 23.6. The van der Waals surface area contributed by atoms with E-state index in [1.807, 2.05) is 72.8 Å². The second kappa shape index (κ2) is 14.7. The Bertz CT molecular complexity index is 2440. The van der Waals surface area contributed by atoms with Gasteiger partial charge in [-0.05, 0) is 84.9 Å². The van der Waals surface area contributed by atoms with Crippen molar-refractivity contribution < 1.29 is 14.4 Å². The fraction of sp³-hybridized carbons (Fsp3) is 0.0270. The van der Waals surface area contributed by atoms with Crippen LogP contribution in [0.2, 0.25) is 10.0 Å². The Morgan fingerprint density at radius 1 is 0.653 bits per heavy atom. The highest BCUT2D eigenvalue weighted by Crippen LogP contribution is 2.35. The van der Waals surface area contributed by atoms with Gasteiger partial charge in [-0.15, -0.1) is 0 Å². The topological polar surface area (TPSA) is 120 Å². The maximum atomic E-state index is 13.1. The number of halogens is 3. The summed E-state index contributed by atoms with van der Waals surface area (Å²) < 4.78 is 18.6. The van der Waals surface area contributed by atoms with Crippen LogP contribution >= 0.6 is 39.1 Å². The van der Waals surface area contributed by atoms with Crippen LogP contribution in [0.4, 0.5) is 28.4 Å². The highest BCUT2D eigenvalue weighted by atomic mass is 79.9. The summed E-state index contributed by atoms with van der Waals surface area (Å²) >= 11 is 15.8. The van der Waals surface area contributed by atoms with E-state index in [9.17, 15) is 14.4 Å². The van der Waals surface area contributed by atoms with Crippen LogP contribution in [0, 0.1) is 0 Å². The average Bonchev–Trinajstić information content (AvgIpc) is 3.09. The van der Waals surface area contributed by atoms with E-state index in [4.69, 9.17) is 23.2 Å². The second-order valence-electron chi connectivity index (χ2n) is 10.9. The second-order valence-corrected chi connectivity index (χ2v) is 14.9. The number of hydrogen-bond acceptors (Lipinski definition) is 8. The zero-order chi connectivity index (χ0) is 34.5. The number of phenols is 2. The van der Waals surface area contributed by atoms with Crippen molar-refractivity contribution in [3.05, 3.63) is 142 Å². The van der Waals surface area contributed by atoms with Crippen molar-refractivity contribution in [3.8, 4) is 11.5 Å². The zero-order valence-corrected chi connectivity index (χ0v) is 29.7. The molecule has 49 heavy (non-hydrogen) atoms. The number of fused-ring (bicyclic) bond motifs is 2. The van der Waals surface area contributed by atoms with Gasteiger partial charge in [-0.1, -0.05) is 57.3 Å². The summed E-state index contributed by atoms with van der Waals surface area (Å²) in [4.78, 5) is 9.38. The highest BCUT2D eigenvalue weighted by Gasteiger charge is 2.10. The van der Waals surface area contributed by atoms with E-state index >= 15 is 0 Å². The van der Waals surface area contributed by atoms with E-state index in [0.717, 1.165) is 37.7 Å². The van der Waals surface area contributed by atoms with Gasteiger partial charge in [0, 0.05) is 62.3 Å².